The zero-order valence-corrected chi connectivity index (χ0v) is 18.3. The van der Waals surface area contributed by atoms with Gasteiger partial charge in [-0.05, 0) is 29.7 Å². The number of aromatic hydroxyl groups is 1. The summed E-state index contributed by atoms with van der Waals surface area (Å²) in [5.41, 5.74) is 3.28. The molecule has 5 nitrogen and oxygen atoms in total. The maximum atomic E-state index is 13.4. The Kier molecular flexibility index (Phi) is 4.93. The summed E-state index contributed by atoms with van der Waals surface area (Å²) >= 11 is 0. The zero-order chi connectivity index (χ0) is 21.8. The van der Waals surface area contributed by atoms with Crippen LogP contribution in [-0.4, -0.2) is 39.8 Å². The first kappa shape index (κ1) is 20.9. The molecule has 160 valence electrons. The molecule has 1 aromatic carbocycles. The van der Waals surface area contributed by atoms with Gasteiger partial charge in [-0.1, -0.05) is 45.9 Å². The third-order valence-electron chi connectivity index (χ3n) is 6.59. The van der Waals surface area contributed by atoms with Gasteiger partial charge in [-0.2, -0.15) is 0 Å². The molecule has 4 rings (SSSR count). The van der Waals surface area contributed by atoms with Crippen molar-refractivity contribution in [3.05, 3.63) is 52.4 Å². The van der Waals surface area contributed by atoms with Gasteiger partial charge in [0.05, 0.1) is 6.61 Å². The van der Waals surface area contributed by atoms with Crippen LogP contribution in [0.25, 0.3) is 0 Å². The quantitative estimate of drug-likeness (QED) is 0.787. The molecule has 1 heterocycles. The van der Waals surface area contributed by atoms with Crippen molar-refractivity contribution in [2.24, 2.45) is 10.8 Å². The first-order valence-corrected chi connectivity index (χ1v) is 10.7. The Morgan fingerprint density at radius 2 is 1.40 bits per heavy atom. The number of carbonyl (C=O) groups excluding carboxylic acids is 2. The number of aliphatic hydroxyl groups excluding tert-OH is 1. The molecule has 0 spiro atoms. The predicted molar refractivity (Wildman–Crippen MR) is 115 cm³/mol. The molecule has 0 fully saturated rings. The summed E-state index contributed by atoms with van der Waals surface area (Å²) in [6.45, 7) is 8.64. The van der Waals surface area contributed by atoms with E-state index in [1.165, 1.54) is 0 Å². The van der Waals surface area contributed by atoms with Crippen LogP contribution < -0.4 is 0 Å². The van der Waals surface area contributed by atoms with E-state index in [0.717, 1.165) is 11.4 Å². The van der Waals surface area contributed by atoms with E-state index in [0.29, 0.717) is 48.9 Å². The van der Waals surface area contributed by atoms with E-state index in [2.05, 4.69) is 27.7 Å². The van der Waals surface area contributed by atoms with Crippen LogP contribution in [0.4, 0.5) is 0 Å². The van der Waals surface area contributed by atoms with Crippen molar-refractivity contribution in [2.45, 2.75) is 59.3 Å². The third kappa shape index (κ3) is 3.39. The van der Waals surface area contributed by atoms with Gasteiger partial charge < -0.3 is 15.1 Å². The van der Waals surface area contributed by atoms with Gasteiger partial charge in [0.1, 0.15) is 5.75 Å². The SMILES string of the molecule is CC1(C)CC(=O)C2=C(C1)N(CCO)C1=C(C(=O)CC(C)(C)C1)C2c1ccccc1O. The highest BCUT2D eigenvalue weighted by molar-refractivity contribution is 6.07. The molecule has 0 atom stereocenters. The highest BCUT2D eigenvalue weighted by atomic mass is 16.3. The minimum Gasteiger partial charge on any atom is -0.508 e. The number of β-amino-alcohol motifs (C(OH)–C–C–N with tert-alkyl or cyclic N) is 1. The number of carbonyl (C=O) groups is 2. The normalized spacial score (nSPS) is 23.6. The topological polar surface area (TPSA) is 77.8 Å². The fourth-order valence-electron chi connectivity index (χ4n) is 5.46. The number of ketones is 2. The van der Waals surface area contributed by atoms with Crippen molar-refractivity contribution in [2.75, 3.05) is 13.2 Å². The molecule has 1 aliphatic heterocycles. The molecule has 0 radical (unpaired) electrons. The molecule has 0 saturated carbocycles. The molecule has 2 aliphatic carbocycles. The fraction of sp³-hybridized carbons (Fsp3) is 0.520. The first-order valence-electron chi connectivity index (χ1n) is 10.7. The van der Waals surface area contributed by atoms with Crippen LogP contribution in [0.15, 0.2) is 46.8 Å². The summed E-state index contributed by atoms with van der Waals surface area (Å²) in [6.07, 6.45) is 2.21. The standard InChI is InChI=1S/C25H31NO4/c1-24(2)11-16-22(19(29)13-24)21(15-7-5-6-8-18(15)28)23-17(26(16)9-10-27)12-25(3,4)14-20(23)30/h5-8,21,27-28H,9-14H2,1-4H3. The number of allylic oxidation sites excluding steroid dienone is 4. The smallest absolute Gasteiger partial charge is 0.162 e. The van der Waals surface area contributed by atoms with E-state index in [1.807, 2.05) is 17.0 Å². The van der Waals surface area contributed by atoms with Crippen molar-refractivity contribution in [1.29, 1.82) is 0 Å². The summed E-state index contributed by atoms with van der Waals surface area (Å²) in [6, 6.07) is 7.02. The van der Waals surface area contributed by atoms with Gasteiger partial charge in [0, 0.05) is 53.4 Å². The summed E-state index contributed by atoms with van der Waals surface area (Å²) < 4.78 is 0. The minimum absolute atomic E-state index is 0.0293. The number of phenolic OH excluding ortho intramolecular Hbond substituents is 1. The van der Waals surface area contributed by atoms with Crippen LogP contribution in [-0.2, 0) is 9.59 Å². The van der Waals surface area contributed by atoms with Crippen molar-refractivity contribution in [3.63, 3.8) is 0 Å². The first-order chi connectivity index (χ1) is 14.0. The highest BCUT2D eigenvalue weighted by Gasteiger charge is 2.49. The van der Waals surface area contributed by atoms with E-state index in [9.17, 15) is 19.8 Å². The van der Waals surface area contributed by atoms with Crippen LogP contribution in [0.1, 0.15) is 64.9 Å². The van der Waals surface area contributed by atoms with Crippen LogP contribution in [0.2, 0.25) is 0 Å². The number of phenols is 1. The van der Waals surface area contributed by atoms with Gasteiger partial charge in [0.25, 0.3) is 0 Å². The van der Waals surface area contributed by atoms with Crippen LogP contribution >= 0.6 is 0 Å². The Morgan fingerprint density at radius 3 is 1.87 bits per heavy atom. The van der Waals surface area contributed by atoms with Crippen molar-refractivity contribution < 1.29 is 19.8 Å². The molecule has 3 aliphatic rings. The maximum absolute atomic E-state index is 13.4. The second-order valence-electron chi connectivity index (χ2n) is 10.5. The number of aliphatic hydroxyl groups is 1. The Morgan fingerprint density at radius 1 is 0.900 bits per heavy atom. The Balaban J connectivity index is 2.01. The average molecular weight is 410 g/mol. The van der Waals surface area contributed by atoms with Crippen LogP contribution in [0, 0.1) is 10.8 Å². The lowest BCUT2D eigenvalue weighted by Gasteiger charge is -2.49. The maximum Gasteiger partial charge on any atom is 0.162 e. The molecule has 2 N–H and O–H groups in total. The molecule has 0 bridgehead atoms. The molecular weight excluding hydrogens is 378 g/mol. The van der Waals surface area contributed by atoms with Gasteiger partial charge in [0.15, 0.2) is 11.6 Å². The van der Waals surface area contributed by atoms with E-state index >= 15 is 0 Å². The van der Waals surface area contributed by atoms with E-state index in [4.69, 9.17) is 0 Å². The third-order valence-corrected chi connectivity index (χ3v) is 6.59. The summed E-state index contributed by atoms with van der Waals surface area (Å²) in [5.74, 6) is -0.381. The molecule has 0 saturated heterocycles. The molecule has 30 heavy (non-hydrogen) atoms. The number of rotatable bonds is 3. The van der Waals surface area contributed by atoms with E-state index in [-0.39, 0.29) is 34.8 Å². The van der Waals surface area contributed by atoms with Crippen LogP contribution in [0.3, 0.4) is 0 Å². The van der Waals surface area contributed by atoms with Gasteiger partial charge in [-0.25, -0.2) is 0 Å². The lowest BCUT2D eigenvalue weighted by Crippen LogP contribution is -2.45. The number of benzene rings is 1. The summed E-state index contributed by atoms with van der Waals surface area (Å²) in [5, 5.41) is 20.5. The second-order valence-corrected chi connectivity index (χ2v) is 10.5. The van der Waals surface area contributed by atoms with Gasteiger partial charge >= 0.3 is 0 Å². The molecular formula is C25H31NO4. The van der Waals surface area contributed by atoms with Gasteiger partial charge in [0.2, 0.25) is 0 Å². The number of para-hydroxylation sites is 1. The Bertz CT molecular complexity index is 929. The van der Waals surface area contributed by atoms with E-state index in [1.54, 1.807) is 12.1 Å². The van der Waals surface area contributed by atoms with Crippen LogP contribution in [0.5, 0.6) is 5.75 Å². The zero-order valence-electron chi connectivity index (χ0n) is 18.3. The number of hydrogen-bond donors (Lipinski definition) is 2. The molecule has 0 amide bonds. The number of nitrogens with zero attached hydrogens (tertiary/aromatic N) is 1. The van der Waals surface area contributed by atoms with Gasteiger partial charge in [-0.15, -0.1) is 0 Å². The molecule has 0 aromatic heterocycles. The Hall–Kier alpha value is -2.40. The largest absolute Gasteiger partial charge is 0.508 e. The monoisotopic (exact) mass is 409 g/mol. The van der Waals surface area contributed by atoms with E-state index < -0.39 is 5.92 Å². The fourth-order valence-corrected chi connectivity index (χ4v) is 5.46. The predicted octanol–water partition coefficient (Wildman–Crippen LogP) is 4.07. The molecule has 0 unspecified atom stereocenters. The van der Waals surface area contributed by atoms with Gasteiger partial charge in [-0.3, -0.25) is 9.59 Å². The van der Waals surface area contributed by atoms with Crippen molar-refractivity contribution >= 4 is 11.6 Å². The highest BCUT2D eigenvalue weighted by Crippen LogP contribution is 2.55. The molecule has 5 heteroatoms. The Labute approximate surface area is 178 Å². The van der Waals surface area contributed by atoms with Crippen molar-refractivity contribution in [1.82, 2.24) is 4.90 Å². The summed E-state index contributed by atoms with van der Waals surface area (Å²) in [4.78, 5) is 28.9. The molecule has 1 aromatic rings. The number of hydrogen-bond acceptors (Lipinski definition) is 5. The summed E-state index contributed by atoms with van der Waals surface area (Å²) in [7, 11) is 0. The second kappa shape index (κ2) is 7.09. The number of Topliss-reactive ketones (excluding diaryl/α,β-unsaturated/α-hetero) is 2. The minimum atomic E-state index is -0.543. The lowest BCUT2D eigenvalue weighted by molar-refractivity contribution is -0.119. The van der Waals surface area contributed by atoms with Crippen molar-refractivity contribution in [3.8, 4) is 5.75 Å². The average Bonchev–Trinajstić information content (AvgIpc) is 2.61. The lowest BCUT2D eigenvalue weighted by atomic mass is 9.63.